The molecule has 39 heavy (non-hydrogen) atoms. The van der Waals surface area contributed by atoms with E-state index in [1.807, 2.05) is 48.5 Å². The van der Waals surface area contributed by atoms with Crippen molar-refractivity contribution in [1.82, 2.24) is 0 Å². The van der Waals surface area contributed by atoms with Gasteiger partial charge < -0.3 is 20.4 Å². The van der Waals surface area contributed by atoms with E-state index >= 15 is 0 Å². The van der Waals surface area contributed by atoms with E-state index in [1.165, 1.54) is 24.3 Å². The summed E-state index contributed by atoms with van der Waals surface area (Å²) in [6.07, 6.45) is 0.797. The van der Waals surface area contributed by atoms with Crippen LogP contribution in [-0.4, -0.2) is 44.3 Å². The van der Waals surface area contributed by atoms with Crippen molar-refractivity contribution in [2.45, 2.75) is 19.3 Å². The zero-order valence-corrected chi connectivity index (χ0v) is 20.8. The lowest BCUT2D eigenvalue weighted by molar-refractivity contribution is 0.0651. The van der Waals surface area contributed by atoms with E-state index in [-0.39, 0.29) is 28.2 Å². The third kappa shape index (κ3) is 5.55. The van der Waals surface area contributed by atoms with Crippen molar-refractivity contribution < 1.29 is 39.6 Å². The highest BCUT2D eigenvalue weighted by atomic mass is 16.4. The summed E-state index contributed by atoms with van der Waals surface area (Å²) < 4.78 is 0. The quantitative estimate of drug-likeness (QED) is 0.198. The van der Waals surface area contributed by atoms with Crippen LogP contribution in [0.3, 0.4) is 0 Å². The van der Waals surface area contributed by atoms with E-state index in [4.69, 9.17) is 0 Å². The van der Waals surface area contributed by atoms with Crippen LogP contribution in [0.25, 0.3) is 22.3 Å². The van der Waals surface area contributed by atoms with Crippen molar-refractivity contribution in [3.63, 3.8) is 0 Å². The molecule has 0 heterocycles. The fourth-order valence-corrected chi connectivity index (χ4v) is 4.65. The molecule has 4 aromatic carbocycles. The van der Waals surface area contributed by atoms with E-state index in [9.17, 15) is 39.6 Å². The second-order valence-corrected chi connectivity index (χ2v) is 8.95. The Kier molecular flexibility index (Phi) is 7.58. The predicted octanol–water partition coefficient (Wildman–Crippen LogP) is 6.36. The first-order valence-corrected chi connectivity index (χ1v) is 12.0. The standard InChI is InChI=1S/C31H24O8/c1-2-23(19-7-3-17(4-8-19)21-11-13-24(28(32)33)26(15-21)30(36)37)20-9-5-18(6-10-20)22-12-14-25(29(34)35)27(16-22)31(38)39/h3-16,23H,2H2,1H3,(H,32,33)(H,34,35)(H,36,37)(H,38,39). The van der Waals surface area contributed by atoms with Gasteiger partial charge in [0.1, 0.15) is 0 Å². The van der Waals surface area contributed by atoms with Crippen LogP contribution >= 0.6 is 0 Å². The minimum Gasteiger partial charge on any atom is -0.478 e. The molecule has 0 aliphatic rings. The average Bonchev–Trinajstić information content (AvgIpc) is 2.93. The highest BCUT2D eigenvalue weighted by Crippen LogP contribution is 2.32. The summed E-state index contributed by atoms with van der Waals surface area (Å²) in [5, 5.41) is 37.3. The lowest BCUT2D eigenvalue weighted by Crippen LogP contribution is -2.08. The van der Waals surface area contributed by atoms with Crippen molar-refractivity contribution >= 4 is 23.9 Å². The van der Waals surface area contributed by atoms with Gasteiger partial charge in [0.15, 0.2) is 0 Å². The molecule has 4 N–H and O–H groups in total. The SMILES string of the molecule is CCC(c1ccc(-c2ccc(C(=O)O)c(C(=O)O)c2)cc1)c1ccc(-c2ccc(C(=O)O)c(C(=O)O)c2)cc1. The zero-order valence-electron chi connectivity index (χ0n) is 20.8. The van der Waals surface area contributed by atoms with Gasteiger partial charge in [-0.2, -0.15) is 0 Å². The van der Waals surface area contributed by atoms with Gasteiger partial charge in [-0.05, 0) is 64.1 Å². The van der Waals surface area contributed by atoms with Crippen LogP contribution in [0.15, 0.2) is 84.9 Å². The Morgan fingerprint density at radius 1 is 0.487 bits per heavy atom. The molecule has 4 rings (SSSR count). The van der Waals surface area contributed by atoms with Gasteiger partial charge in [0.25, 0.3) is 0 Å². The summed E-state index contributed by atoms with van der Waals surface area (Å²) in [5.74, 6) is -5.16. The predicted molar refractivity (Wildman–Crippen MR) is 144 cm³/mol. The van der Waals surface area contributed by atoms with Crippen LogP contribution in [0.1, 0.15) is 71.8 Å². The molecule has 4 aromatic rings. The third-order valence-corrected chi connectivity index (χ3v) is 6.66. The minimum atomic E-state index is -1.31. The van der Waals surface area contributed by atoms with Crippen molar-refractivity contribution in [2.24, 2.45) is 0 Å². The number of carbonyl (C=O) groups is 4. The monoisotopic (exact) mass is 524 g/mol. The van der Waals surface area contributed by atoms with Gasteiger partial charge in [-0.3, -0.25) is 0 Å². The summed E-state index contributed by atoms with van der Waals surface area (Å²) >= 11 is 0. The number of carboxylic acids is 4. The largest absolute Gasteiger partial charge is 0.478 e. The molecule has 0 aliphatic carbocycles. The first kappa shape index (κ1) is 26.8. The molecule has 8 nitrogen and oxygen atoms in total. The fraction of sp³-hybridized carbons (Fsp3) is 0.0968. The number of rotatable bonds is 9. The first-order valence-electron chi connectivity index (χ1n) is 12.0. The van der Waals surface area contributed by atoms with Gasteiger partial charge in [-0.15, -0.1) is 0 Å². The Labute approximate surface area is 223 Å². The van der Waals surface area contributed by atoms with Crippen molar-refractivity contribution in [1.29, 1.82) is 0 Å². The summed E-state index contributed by atoms with van der Waals surface area (Å²) in [5.41, 5.74) is 3.68. The lowest BCUT2D eigenvalue weighted by atomic mass is 9.87. The number of hydrogen-bond acceptors (Lipinski definition) is 4. The van der Waals surface area contributed by atoms with Crippen LogP contribution in [0.4, 0.5) is 0 Å². The van der Waals surface area contributed by atoms with Gasteiger partial charge in [0.05, 0.1) is 22.3 Å². The van der Waals surface area contributed by atoms with Crippen molar-refractivity contribution in [2.75, 3.05) is 0 Å². The third-order valence-electron chi connectivity index (χ3n) is 6.66. The Balaban J connectivity index is 1.60. The molecule has 0 unspecified atom stereocenters. The van der Waals surface area contributed by atoms with Crippen LogP contribution in [0.5, 0.6) is 0 Å². The molecule has 0 amide bonds. The Hall–Kier alpha value is -5.24. The van der Waals surface area contributed by atoms with Gasteiger partial charge in [-0.1, -0.05) is 67.6 Å². The summed E-state index contributed by atoms with van der Waals surface area (Å²) in [4.78, 5) is 45.7. The molecule has 0 aromatic heterocycles. The topological polar surface area (TPSA) is 149 Å². The van der Waals surface area contributed by atoms with Crippen molar-refractivity contribution in [3.8, 4) is 22.3 Å². The summed E-state index contributed by atoms with van der Waals surface area (Å²) in [7, 11) is 0. The van der Waals surface area contributed by atoms with E-state index in [2.05, 4.69) is 6.92 Å². The Morgan fingerprint density at radius 3 is 1.08 bits per heavy atom. The molecular weight excluding hydrogens is 500 g/mol. The molecule has 8 heteroatoms. The lowest BCUT2D eigenvalue weighted by Gasteiger charge is -2.17. The van der Waals surface area contributed by atoms with Crippen LogP contribution < -0.4 is 0 Å². The minimum absolute atomic E-state index is 0.0565. The van der Waals surface area contributed by atoms with Crippen LogP contribution in [0.2, 0.25) is 0 Å². The van der Waals surface area contributed by atoms with E-state index in [0.717, 1.165) is 28.7 Å². The Bertz CT molecular complexity index is 1470. The maximum absolute atomic E-state index is 11.5. The molecular formula is C31H24O8. The van der Waals surface area contributed by atoms with Crippen molar-refractivity contribution in [3.05, 3.63) is 118 Å². The number of benzene rings is 4. The maximum atomic E-state index is 11.5. The summed E-state index contributed by atoms with van der Waals surface area (Å²) in [6, 6.07) is 23.7. The van der Waals surface area contributed by atoms with Crippen LogP contribution in [-0.2, 0) is 0 Å². The van der Waals surface area contributed by atoms with Gasteiger partial charge in [0, 0.05) is 5.92 Å². The van der Waals surface area contributed by atoms with Gasteiger partial charge >= 0.3 is 23.9 Å². The average molecular weight is 525 g/mol. The molecule has 0 radical (unpaired) electrons. The molecule has 0 fully saturated rings. The fourth-order valence-electron chi connectivity index (χ4n) is 4.65. The second kappa shape index (κ2) is 11.0. The second-order valence-electron chi connectivity index (χ2n) is 8.95. The van der Waals surface area contributed by atoms with E-state index in [0.29, 0.717) is 11.1 Å². The Morgan fingerprint density at radius 2 is 0.795 bits per heavy atom. The van der Waals surface area contributed by atoms with Gasteiger partial charge in [-0.25, -0.2) is 19.2 Å². The molecule has 0 atom stereocenters. The molecule has 0 saturated heterocycles. The normalized spacial score (nSPS) is 10.8. The first-order chi connectivity index (χ1) is 18.6. The number of aromatic carboxylic acids is 4. The number of carboxylic acid groups (broad SMARTS) is 4. The smallest absolute Gasteiger partial charge is 0.336 e. The van der Waals surface area contributed by atoms with E-state index in [1.54, 1.807) is 12.1 Å². The molecule has 0 saturated carbocycles. The van der Waals surface area contributed by atoms with Crippen LogP contribution in [0, 0.1) is 0 Å². The number of hydrogen-bond donors (Lipinski definition) is 4. The highest BCUT2D eigenvalue weighted by Gasteiger charge is 2.19. The zero-order chi connectivity index (χ0) is 28.3. The van der Waals surface area contributed by atoms with E-state index < -0.39 is 23.9 Å². The molecule has 0 aliphatic heterocycles. The summed E-state index contributed by atoms with van der Waals surface area (Å²) in [6.45, 7) is 2.06. The maximum Gasteiger partial charge on any atom is 0.336 e. The molecule has 196 valence electrons. The molecule has 0 spiro atoms. The highest BCUT2D eigenvalue weighted by molar-refractivity contribution is 6.03. The van der Waals surface area contributed by atoms with Gasteiger partial charge in [0.2, 0.25) is 0 Å². The molecule has 0 bridgehead atoms.